The number of carboxylic acids is 1. The van der Waals surface area contributed by atoms with Gasteiger partial charge in [0.1, 0.15) is 6.17 Å². The van der Waals surface area contributed by atoms with Gasteiger partial charge in [-0.2, -0.15) is 0 Å². The van der Waals surface area contributed by atoms with Crippen LogP contribution in [0.4, 0.5) is 4.39 Å². The summed E-state index contributed by atoms with van der Waals surface area (Å²) in [6.07, 6.45) is -1.09. The van der Waals surface area contributed by atoms with Gasteiger partial charge < -0.3 is 9.63 Å². The highest BCUT2D eigenvalue weighted by Gasteiger charge is 2.14. The van der Waals surface area contributed by atoms with Crippen LogP contribution in [0.2, 0.25) is 0 Å². The monoisotopic (exact) mass is 313 g/mol. The smallest absolute Gasteiger partial charge is 0.358 e. The van der Waals surface area contributed by atoms with Crippen molar-refractivity contribution in [3.63, 3.8) is 0 Å². The van der Waals surface area contributed by atoms with Crippen molar-refractivity contribution in [3.05, 3.63) is 40.0 Å². The fraction of sp³-hybridized carbons (Fsp3) is 0.167. The molecule has 0 saturated heterocycles. The first-order valence-corrected chi connectivity index (χ1v) is 5.92. The topological polar surface area (TPSA) is 63.3 Å². The van der Waals surface area contributed by atoms with E-state index in [1.807, 2.05) is 0 Å². The van der Waals surface area contributed by atoms with Crippen molar-refractivity contribution in [1.82, 2.24) is 5.16 Å². The Bertz CT molecular complexity index is 595. The van der Waals surface area contributed by atoms with Crippen LogP contribution in [0, 0.1) is 0 Å². The molecule has 1 unspecified atom stereocenters. The zero-order chi connectivity index (χ0) is 13.3. The van der Waals surface area contributed by atoms with Crippen LogP contribution >= 0.6 is 15.9 Å². The molecule has 1 N–H and O–H groups in total. The molecular formula is C12H9BrFNO3. The molecule has 6 heteroatoms. The molecule has 0 bridgehead atoms. The van der Waals surface area contributed by atoms with E-state index in [-0.39, 0.29) is 5.69 Å². The zero-order valence-corrected chi connectivity index (χ0v) is 10.9. The van der Waals surface area contributed by atoms with Crippen LogP contribution in [0.15, 0.2) is 33.3 Å². The first kappa shape index (κ1) is 12.8. The number of hydrogen-bond acceptors (Lipinski definition) is 3. The number of nitrogens with zero attached hydrogens (tertiary/aromatic N) is 1. The van der Waals surface area contributed by atoms with E-state index in [1.54, 1.807) is 18.2 Å². The van der Waals surface area contributed by atoms with Crippen molar-refractivity contribution in [3.8, 4) is 11.3 Å². The van der Waals surface area contributed by atoms with E-state index >= 15 is 0 Å². The molecule has 0 spiro atoms. The summed E-state index contributed by atoms with van der Waals surface area (Å²) in [6, 6.07) is 6.26. The van der Waals surface area contributed by atoms with Crippen molar-refractivity contribution in [1.29, 1.82) is 0 Å². The van der Waals surface area contributed by atoms with Crippen LogP contribution < -0.4 is 0 Å². The van der Waals surface area contributed by atoms with Gasteiger partial charge in [-0.1, -0.05) is 33.2 Å². The first-order chi connectivity index (χ1) is 8.49. The van der Waals surface area contributed by atoms with Crippen molar-refractivity contribution in [2.75, 3.05) is 0 Å². The van der Waals surface area contributed by atoms with E-state index in [2.05, 4.69) is 21.1 Å². The zero-order valence-electron chi connectivity index (χ0n) is 9.35. The maximum Gasteiger partial charge on any atom is 0.358 e. The number of carboxylic acid groups (broad SMARTS) is 1. The third-order valence-electron chi connectivity index (χ3n) is 2.44. The third kappa shape index (κ3) is 2.43. The maximum absolute atomic E-state index is 13.2. The second-order valence-electron chi connectivity index (χ2n) is 3.73. The van der Waals surface area contributed by atoms with E-state index < -0.39 is 12.1 Å². The van der Waals surface area contributed by atoms with Crippen LogP contribution in [0.5, 0.6) is 0 Å². The Hall–Kier alpha value is -1.69. The highest BCUT2D eigenvalue weighted by Crippen LogP contribution is 2.31. The van der Waals surface area contributed by atoms with Gasteiger partial charge in [0.05, 0.1) is 0 Å². The number of hydrogen-bond donors (Lipinski definition) is 1. The Labute approximate surface area is 111 Å². The summed E-state index contributed by atoms with van der Waals surface area (Å²) in [5.74, 6) is -0.829. The summed E-state index contributed by atoms with van der Waals surface area (Å²) in [7, 11) is 0. The molecule has 0 aliphatic rings. The lowest BCUT2D eigenvalue weighted by Crippen LogP contribution is -1.94. The van der Waals surface area contributed by atoms with E-state index in [9.17, 15) is 9.18 Å². The minimum Gasteiger partial charge on any atom is -0.476 e. The molecule has 1 aromatic heterocycles. The van der Waals surface area contributed by atoms with Gasteiger partial charge in [-0.25, -0.2) is 9.18 Å². The van der Waals surface area contributed by atoms with E-state index in [1.165, 1.54) is 13.0 Å². The van der Waals surface area contributed by atoms with E-state index in [0.717, 1.165) is 0 Å². The largest absolute Gasteiger partial charge is 0.476 e. The average Bonchev–Trinajstić information content (AvgIpc) is 2.77. The predicted molar refractivity (Wildman–Crippen MR) is 66.1 cm³/mol. The molecule has 1 atom stereocenters. The van der Waals surface area contributed by atoms with Crippen LogP contribution in [-0.4, -0.2) is 16.2 Å². The third-order valence-corrected chi connectivity index (χ3v) is 3.13. The molecule has 0 aliphatic heterocycles. The van der Waals surface area contributed by atoms with Crippen molar-refractivity contribution < 1.29 is 18.8 Å². The Kier molecular flexibility index (Phi) is 3.47. The molecule has 0 saturated carbocycles. The minimum atomic E-state index is -1.15. The van der Waals surface area contributed by atoms with Crippen LogP contribution in [0.1, 0.15) is 29.1 Å². The Balaban J connectivity index is 2.39. The fourth-order valence-corrected chi connectivity index (χ4v) is 2.21. The molecule has 1 heterocycles. The molecule has 4 nitrogen and oxygen atoms in total. The van der Waals surface area contributed by atoms with Gasteiger partial charge in [0.15, 0.2) is 11.5 Å². The number of rotatable bonds is 3. The van der Waals surface area contributed by atoms with Gasteiger partial charge in [-0.15, -0.1) is 0 Å². The predicted octanol–water partition coefficient (Wildman–Crippen LogP) is 3.83. The van der Waals surface area contributed by atoms with Gasteiger partial charge >= 0.3 is 5.97 Å². The summed E-state index contributed by atoms with van der Waals surface area (Å²) in [5.41, 5.74) is 0.993. The quantitative estimate of drug-likeness (QED) is 0.935. The number of carbonyl (C=O) groups is 1. The Morgan fingerprint density at radius 2 is 2.22 bits per heavy atom. The van der Waals surface area contributed by atoms with Gasteiger partial charge in [0.25, 0.3) is 0 Å². The van der Waals surface area contributed by atoms with Gasteiger partial charge in [-0.3, -0.25) is 0 Å². The standard InChI is InChI=1S/C12H9BrFNO3/c1-6(14)8-3-2-7(4-9(8)13)11-5-10(12(16)17)15-18-11/h2-6H,1H3,(H,16,17). The van der Waals surface area contributed by atoms with Crippen molar-refractivity contribution in [2.45, 2.75) is 13.1 Å². The molecular weight excluding hydrogens is 305 g/mol. The molecule has 94 valence electrons. The molecule has 0 fully saturated rings. The average molecular weight is 314 g/mol. The summed E-state index contributed by atoms with van der Waals surface area (Å²) < 4.78 is 18.7. The lowest BCUT2D eigenvalue weighted by molar-refractivity contribution is 0.0686. The summed E-state index contributed by atoms with van der Waals surface area (Å²) >= 11 is 3.26. The van der Waals surface area contributed by atoms with Crippen LogP contribution in [0.3, 0.4) is 0 Å². The summed E-state index contributed by atoms with van der Waals surface area (Å²) in [6.45, 7) is 1.44. The maximum atomic E-state index is 13.2. The second kappa shape index (κ2) is 4.89. The number of alkyl halides is 1. The van der Waals surface area contributed by atoms with E-state index in [4.69, 9.17) is 9.63 Å². The Morgan fingerprint density at radius 1 is 1.50 bits per heavy atom. The van der Waals surface area contributed by atoms with Gasteiger partial charge in [0.2, 0.25) is 0 Å². The second-order valence-corrected chi connectivity index (χ2v) is 4.59. The summed E-state index contributed by atoms with van der Waals surface area (Å²) in [5, 5.41) is 12.2. The van der Waals surface area contributed by atoms with E-state index in [0.29, 0.717) is 21.4 Å². The number of aromatic nitrogens is 1. The molecule has 18 heavy (non-hydrogen) atoms. The molecule has 0 amide bonds. The van der Waals surface area contributed by atoms with Crippen molar-refractivity contribution in [2.24, 2.45) is 0 Å². The molecule has 0 aliphatic carbocycles. The lowest BCUT2D eigenvalue weighted by atomic mass is 10.1. The van der Waals surface area contributed by atoms with Crippen LogP contribution in [0.25, 0.3) is 11.3 Å². The lowest BCUT2D eigenvalue weighted by Gasteiger charge is -2.06. The SMILES string of the molecule is CC(F)c1ccc(-c2cc(C(=O)O)no2)cc1Br. The van der Waals surface area contributed by atoms with Gasteiger partial charge in [0, 0.05) is 16.1 Å². The highest BCUT2D eigenvalue weighted by molar-refractivity contribution is 9.10. The highest BCUT2D eigenvalue weighted by atomic mass is 79.9. The van der Waals surface area contributed by atoms with Gasteiger partial charge in [-0.05, 0) is 18.6 Å². The van der Waals surface area contributed by atoms with Crippen LogP contribution in [-0.2, 0) is 0 Å². The first-order valence-electron chi connectivity index (χ1n) is 5.13. The minimum absolute atomic E-state index is 0.163. The Morgan fingerprint density at radius 3 is 2.72 bits per heavy atom. The fourth-order valence-electron chi connectivity index (χ4n) is 1.52. The number of benzene rings is 1. The number of aromatic carboxylic acids is 1. The molecule has 1 aromatic carbocycles. The normalized spacial score (nSPS) is 12.4. The number of halogens is 2. The molecule has 2 aromatic rings. The van der Waals surface area contributed by atoms with Crippen molar-refractivity contribution >= 4 is 21.9 Å². The molecule has 0 radical (unpaired) electrons. The summed E-state index contributed by atoms with van der Waals surface area (Å²) in [4.78, 5) is 10.7. The molecule has 2 rings (SSSR count).